The van der Waals surface area contributed by atoms with Crippen molar-refractivity contribution in [1.29, 1.82) is 0 Å². The molecule has 0 aliphatic carbocycles. The molecule has 0 bridgehead atoms. The van der Waals surface area contributed by atoms with Gasteiger partial charge in [-0.05, 0) is 56.3 Å². The maximum absolute atomic E-state index is 12.9. The predicted molar refractivity (Wildman–Crippen MR) is 107 cm³/mol. The van der Waals surface area contributed by atoms with Gasteiger partial charge in [0, 0.05) is 19.6 Å². The molecule has 0 amide bonds. The van der Waals surface area contributed by atoms with Crippen LogP contribution in [0.2, 0.25) is 0 Å². The lowest BCUT2D eigenvalue weighted by atomic mass is 10.1. The summed E-state index contributed by atoms with van der Waals surface area (Å²) in [5, 5.41) is 6.60. The zero-order valence-electron chi connectivity index (χ0n) is 15.9. The molecule has 0 radical (unpaired) electrons. The summed E-state index contributed by atoms with van der Waals surface area (Å²) in [4.78, 5) is 6.83. The largest absolute Gasteiger partial charge is 0.357 e. The minimum absolute atomic E-state index is 0.201. The number of nitrogens with zero attached hydrogens (tertiary/aromatic N) is 2. The van der Waals surface area contributed by atoms with E-state index >= 15 is 0 Å². The van der Waals surface area contributed by atoms with Crippen molar-refractivity contribution >= 4 is 5.96 Å². The van der Waals surface area contributed by atoms with Gasteiger partial charge in [0.2, 0.25) is 0 Å². The third-order valence-electron chi connectivity index (χ3n) is 3.87. The van der Waals surface area contributed by atoms with Crippen molar-refractivity contribution in [2.75, 3.05) is 27.2 Å². The van der Waals surface area contributed by atoms with Crippen molar-refractivity contribution in [2.24, 2.45) is 4.99 Å². The Hall–Kier alpha value is -2.40. The Morgan fingerprint density at radius 1 is 1.00 bits per heavy atom. The van der Waals surface area contributed by atoms with Crippen molar-refractivity contribution in [2.45, 2.75) is 26.4 Å². The smallest absolute Gasteiger partial charge is 0.191 e. The molecule has 2 aromatic carbocycles. The highest BCUT2D eigenvalue weighted by Gasteiger charge is 2.01. The number of hydrogen-bond acceptors (Lipinski definition) is 2. The molecular weight excluding hydrogens is 327 g/mol. The van der Waals surface area contributed by atoms with Gasteiger partial charge >= 0.3 is 0 Å². The fourth-order valence-electron chi connectivity index (χ4n) is 2.68. The monoisotopic (exact) mass is 356 g/mol. The Morgan fingerprint density at radius 3 is 2.42 bits per heavy atom. The minimum Gasteiger partial charge on any atom is -0.357 e. The lowest BCUT2D eigenvalue weighted by Gasteiger charge is -2.12. The van der Waals surface area contributed by atoms with Gasteiger partial charge in [0.25, 0.3) is 0 Å². The van der Waals surface area contributed by atoms with Crippen molar-refractivity contribution < 1.29 is 4.39 Å². The first-order chi connectivity index (χ1) is 12.6. The van der Waals surface area contributed by atoms with Gasteiger partial charge < -0.3 is 15.5 Å². The van der Waals surface area contributed by atoms with Crippen molar-refractivity contribution in [1.82, 2.24) is 15.5 Å². The number of hydrogen-bond donors (Lipinski definition) is 2. The lowest BCUT2D eigenvalue weighted by Crippen LogP contribution is -2.38. The Morgan fingerprint density at radius 2 is 1.73 bits per heavy atom. The fraction of sp³-hybridized carbons (Fsp3) is 0.381. The van der Waals surface area contributed by atoms with E-state index < -0.39 is 0 Å². The molecule has 2 aromatic rings. The van der Waals surface area contributed by atoms with Gasteiger partial charge in [0.1, 0.15) is 5.82 Å². The van der Waals surface area contributed by atoms with E-state index in [1.54, 1.807) is 0 Å². The summed E-state index contributed by atoms with van der Waals surface area (Å²) in [7, 11) is 4.14. The first kappa shape index (κ1) is 19.9. The lowest BCUT2D eigenvalue weighted by molar-refractivity contribution is 0.402. The zero-order chi connectivity index (χ0) is 18.8. The normalized spacial score (nSPS) is 11.7. The van der Waals surface area contributed by atoms with E-state index in [2.05, 4.69) is 65.8 Å². The Bertz CT molecular complexity index is 695. The summed E-state index contributed by atoms with van der Waals surface area (Å²) in [6.07, 6.45) is 0.822. The predicted octanol–water partition coefficient (Wildman–Crippen LogP) is 3.19. The van der Waals surface area contributed by atoms with Crippen molar-refractivity contribution in [3.8, 4) is 0 Å². The molecule has 0 fully saturated rings. The van der Waals surface area contributed by atoms with E-state index in [1.807, 2.05) is 12.1 Å². The number of aliphatic imine (C=N–C) groups is 1. The number of rotatable bonds is 8. The van der Waals surface area contributed by atoms with Crippen LogP contribution in [-0.4, -0.2) is 38.0 Å². The summed E-state index contributed by atoms with van der Waals surface area (Å²) >= 11 is 0. The van der Waals surface area contributed by atoms with Crippen LogP contribution >= 0.6 is 0 Å². The van der Waals surface area contributed by atoms with Gasteiger partial charge in [-0.3, -0.25) is 0 Å². The van der Waals surface area contributed by atoms with E-state index in [0.29, 0.717) is 6.54 Å². The first-order valence-corrected chi connectivity index (χ1v) is 9.06. The van der Waals surface area contributed by atoms with Crippen LogP contribution < -0.4 is 10.6 Å². The van der Waals surface area contributed by atoms with Crippen LogP contribution in [0.25, 0.3) is 0 Å². The summed E-state index contributed by atoms with van der Waals surface area (Å²) < 4.78 is 12.9. The Labute approximate surface area is 156 Å². The standard InChI is InChI=1S/C21H29FN4/c1-4-23-21(24-13-12-17-8-10-20(22)11-9-17)25-15-18-6-5-7-19(14-18)16-26(2)3/h5-11,14H,4,12-13,15-16H2,1-3H3,(H2,23,24,25). The van der Waals surface area contributed by atoms with Crippen molar-refractivity contribution in [3.05, 3.63) is 71.0 Å². The van der Waals surface area contributed by atoms with Gasteiger partial charge in [-0.1, -0.05) is 36.4 Å². The van der Waals surface area contributed by atoms with Crippen LogP contribution in [0.1, 0.15) is 23.6 Å². The molecule has 26 heavy (non-hydrogen) atoms. The van der Waals surface area contributed by atoms with Crippen molar-refractivity contribution in [3.63, 3.8) is 0 Å². The summed E-state index contributed by atoms with van der Waals surface area (Å²) in [6, 6.07) is 15.1. The van der Waals surface area contributed by atoms with Crippen LogP contribution in [0.15, 0.2) is 53.5 Å². The van der Waals surface area contributed by atoms with E-state index in [9.17, 15) is 4.39 Å². The number of nitrogens with one attached hydrogen (secondary N) is 2. The Kier molecular flexibility index (Phi) is 8.09. The topological polar surface area (TPSA) is 39.7 Å². The molecule has 0 aliphatic rings. The number of guanidine groups is 1. The second-order valence-electron chi connectivity index (χ2n) is 6.56. The van der Waals surface area contributed by atoms with Crippen LogP contribution in [0.3, 0.4) is 0 Å². The molecule has 0 saturated heterocycles. The molecule has 2 rings (SSSR count). The molecule has 0 aliphatic heterocycles. The summed E-state index contributed by atoms with van der Waals surface area (Å²) in [5.74, 6) is 0.598. The molecule has 4 nitrogen and oxygen atoms in total. The highest BCUT2D eigenvalue weighted by atomic mass is 19.1. The van der Waals surface area contributed by atoms with E-state index in [4.69, 9.17) is 0 Å². The van der Waals surface area contributed by atoms with Gasteiger partial charge in [0.15, 0.2) is 5.96 Å². The second-order valence-corrected chi connectivity index (χ2v) is 6.56. The van der Waals surface area contributed by atoms with Crippen LogP contribution in [0.5, 0.6) is 0 Å². The molecular formula is C21H29FN4. The van der Waals surface area contributed by atoms with E-state index in [0.717, 1.165) is 37.6 Å². The van der Waals surface area contributed by atoms with Crippen LogP contribution in [0.4, 0.5) is 4.39 Å². The van der Waals surface area contributed by atoms with Crippen LogP contribution in [-0.2, 0) is 19.5 Å². The molecule has 0 heterocycles. The highest BCUT2D eigenvalue weighted by Crippen LogP contribution is 2.08. The summed E-state index contributed by atoms with van der Waals surface area (Å²) in [6.45, 7) is 5.16. The third kappa shape index (κ3) is 7.23. The zero-order valence-corrected chi connectivity index (χ0v) is 15.9. The summed E-state index contributed by atoms with van der Waals surface area (Å²) in [5.41, 5.74) is 3.59. The molecule has 0 atom stereocenters. The van der Waals surface area contributed by atoms with Gasteiger partial charge in [-0.2, -0.15) is 0 Å². The third-order valence-corrected chi connectivity index (χ3v) is 3.87. The van der Waals surface area contributed by atoms with E-state index in [-0.39, 0.29) is 5.82 Å². The molecule has 0 saturated carbocycles. The fourth-order valence-corrected chi connectivity index (χ4v) is 2.68. The molecule has 0 aromatic heterocycles. The quantitative estimate of drug-likeness (QED) is 0.564. The van der Waals surface area contributed by atoms with Gasteiger partial charge in [0.05, 0.1) is 6.54 Å². The molecule has 2 N–H and O–H groups in total. The molecule has 0 unspecified atom stereocenters. The average molecular weight is 356 g/mol. The maximum atomic E-state index is 12.9. The average Bonchev–Trinajstić information content (AvgIpc) is 2.61. The van der Waals surface area contributed by atoms with Crippen LogP contribution in [0, 0.1) is 5.82 Å². The maximum Gasteiger partial charge on any atom is 0.191 e. The first-order valence-electron chi connectivity index (χ1n) is 9.06. The molecule has 140 valence electrons. The highest BCUT2D eigenvalue weighted by molar-refractivity contribution is 5.79. The Balaban J connectivity index is 1.90. The van der Waals surface area contributed by atoms with E-state index in [1.165, 1.54) is 23.3 Å². The molecule has 5 heteroatoms. The minimum atomic E-state index is -0.201. The van der Waals surface area contributed by atoms with Gasteiger partial charge in [-0.15, -0.1) is 0 Å². The molecule has 0 spiro atoms. The number of halogens is 1. The SMILES string of the molecule is CCNC(=NCc1cccc(CN(C)C)c1)NCCc1ccc(F)cc1. The number of benzene rings is 2. The van der Waals surface area contributed by atoms with Gasteiger partial charge in [-0.25, -0.2) is 9.38 Å². The second kappa shape index (κ2) is 10.6.